The number of piperidine rings is 1. The van der Waals surface area contributed by atoms with Crippen molar-refractivity contribution in [1.82, 2.24) is 9.88 Å². The lowest BCUT2D eigenvalue weighted by atomic mass is 9.89. The minimum Gasteiger partial charge on any atom is -0.497 e. The predicted octanol–water partition coefficient (Wildman–Crippen LogP) is 3.28. The molecule has 5 heteroatoms. The van der Waals surface area contributed by atoms with E-state index in [1.54, 1.807) is 7.11 Å². The number of carbonyl (C=O) groups is 1. The summed E-state index contributed by atoms with van der Waals surface area (Å²) in [5.41, 5.74) is 1.75. The number of methoxy groups -OCH3 is 1. The number of hydrogen-bond donors (Lipinski definition) is 2. The van der Waals surface area contributed by atoms with Gasteiger partial charge in [-0.15, -0.1) is 0 Å². The Balaban J connectivity index is 2.03. The Labute approximate surface area is 136 Å². The fourth-order valence-electron chi connectivity index (χ4n) is 3.88. The number of aliphatic carboxylic acids is 1. The molecule has 23 heavy (non-hydrogen) atoms. The highest BCUT2D eigenvalue weighted by Crippen LogP contribution is 2.34. The SMILES string of the molecule is COc1ccc2[nH]cc(C(C(=O)O)N3CC(C)CC(C)C3)c2c1. The Morgan fingerprint density at radius 1 is 1.35 bits per heavy atom. The van der Waals surface area contributed by atoms with E-state index in [9.17, 15) is 9.90 Å². The minimum absolute atomic E-state index is 0.514. The van der Waals surface area contributed by atoms with Gasteiger partial charge in [-0.3, -0.25) is 9.69 Å². The van der Waals surface area contributed by atoms with Crippen LogP contribution < -0.4 is 4.74 Å². The van der Waals surface area contributed by atoms with E-state index in [-0.39, 0.29) is 0 Å². The largest absolute Gasteiger partial charge is 0.497 e. The summed E-state index contributed by atoms with van der Waals surface area (Å²) in [5, 5.41) is 10.8. The van der Waals surface area contributed by atoms with Crippen molar-refractivity contribution in [2.24, 2.45) is 11.8 Å². The zero-order valence-corrected chi connectivity index (χ0v) is 13.9. The molecular weight excluding hydrogens is 292 g/mol. The highest BCUT2D eigenvalue weighted by Gasteiger charge is 2.34. The van der Waals surface area contributed by atoms with Gasteiger partial charge in [0.1, 0.15) is 11.8 Å². The summed E-state index contributed by atoms with van der Waals surface area (Å²) in [6, 6.07) is 5.09. The number of aromatic amines is 1. The Kier molecular flexibility index (Phi) is 4.31. The topological polar surface area (TPSA) is 65.6 Å². The van der Waals surface area contributed by atoms with Gasteiger partial charge >= 0.3 is 5.97 Å². The quantitative estimate of drug-likeness (QED) is 0.908. The Morgan fingerprint density at radius 3 is 2.65 bits per heavy atom. The molecule has 0 saturated carbocycles. The first-order valence-corrected chi connectivity index (χ1v) is 8.11. The number of carboxylic acids is 1. The van der Waals surface area contributed by atoms with Crippen molar-refractivity contribution in [2.75, 3.05) is 20.2 Å². The average Bonchev–Trinajstić information content (AvgIpc) is 2.89. The van der Waals surface area contributed by atoms with Crippen LogP contribution >= 0.6 is 0 Å². The van der Waals surface area contributed by atoms with Crippen molar-refractivity contribution in [2.45, 2.75) is 26.3 Å². The summed E-state index contributed by atoms with van der Waals surface area (Å²) in [6.07, 6.45) is 2.98. The second kappa shape index (κ2) is 6.24. The average molecular weight is 316 g/mol. The van der Waals surface area contributed by atoms with Crippen LogP contribution in [-0.4, -0.2) is 41.2 Å². The zero-order chi connectivity index (χ0) is 16.6. The molecule has 0 amide bonds. The van der Waals surface area contributed by atoms with Crippen LogP contribution in [0.1, 0.15) is 31.9 Å². The van der Waals surface area contributed by atoms with E-state index in [1.165, 1.54) is 0 Å². The van der Waals surface area contributed by atoms with E-state index >= 15 is 0 Å². The van der Waals surface area contributed by atoms with E-state index in [2.05, 4.69) is 23.7 Å². The molecule has 3 rings (SSSR count). The number of H-pyrrole nitrogens is 1. The lowest BCUT2D eigenvalue weighted by molar-refractivity contribution is -0.144. The molecule has 1 aromatic heterocycles. The lowest BCUT2D eigenvalue weighted by Gasteiger charge is -2.38. The first-order valence-electron chi connectivity index (χ1n) is 8.11. The van der Waals surface area contributed by atoms with Crippen LogP contribution in [0.5, 0.6) is 5.75 Å². The van der Waals surface area contributed by atoms with Gasteiger partial charge in [0, 0.05) is 35.8 Å². The van der Waals surface area contributed by atoms with Gasteiger partial charge in [0.05, 0.1) is 7.11 Å². The third kappa shape index (κ3) is 3.06. The molecule has 1 aliphatic heterocycles. The number of ether oxygens (including phenoxy) is 1. The highest BCUT2D eigenvalue weighted by atomic mass is 16.5. The molecule has 1 saturated heterocycles. The number of hydrogen-bond acceptors (Lipinski definition) is 3. The van der Waals surface area contributed by atoms with Crippen molar-refractivity contribution in [3.63, 3.8) is 0 Å². The molecule has 0 spiro atoms. The standard InChI is InChI=1S/C18H24N2O3/c1-11-6-12(2)10-20(9-11)17(18(21)22)15-8-19-16-5-4-13(23-3)7-14(15)16/h4-5,7-8,11-12,17,19H,6,9-10H2,1-3H3,(H,21,22). The number of benzene rings is 1. The van der Waals surface area contributed by atoms with Gasteiger partial charge in [-0.05, 0) is 36.5 Å². The molecule has 0 aliphatic carbocycles. The Morgan fingerprint density at radius 2 is 2.04 bits per heavy atom. The Bertz CT molecular complexity index is 699. The van der Waals surface area contributed by atoms with Crippen LogP contribution in [0.25, 0.3) is 10.9 Å². The van der Waals surface area contributed by atoms with Gasteiger partial charge in [0.2, 0.25) is 0 Å². The van der Waals surface area contributed by atoms with Gasteiger partial charge in [-0.2, -0.15) is 0 Å². The molecule has 1 aromatic carbocycles. The third-order valence-corrected chi connectivity index (χ3v) is 4.71. The maximum atomic E-state index is 12.0. The molecule has 1 aliphatic rings. The Hall–Kier alpha value is -2.01. The van der Waals surface area contributed by atoms with Crippen molar-refractivity contribution in [3.05, 3.63) is 30.0 Å². The summed E-state index contributed by atoms with van der Waals surface area (Å²) < 4.78 is 5.29. The summed E-state index contributed by atoms with van der Waals surface area (Å²) in [7, 11) is 1.62. The molecule has 1 fully saturated rings. The van der Waals surface area contributed by atoms with E-state index in [0.717, 1.165) is 41.7 Å². The summed E-state index contributed by atoms with van der Waals surface area (Å²) in [6.45, 7) is 6.02. The first-order chi connectivity index (χ1) is 11.0. The molecule has 2 aromatic rings. The van der Waals surface area contributed by atoms with Crippen LogP contribution in [0.3, 0.4) is 0 Å². The summed E-state index contributed by atoms with van der Waals surface area (Å²) in [5.74, 6) is 0.971. The predicted molar refractivity (Wildman–Crippen MR) is 89.7 cm³/mol. The van der Waals surface area contributed by atoms with Crippen molar-refractivity contribution < 1.29 is 14.6 Å². The third-order valence-electron chi connectivity index (χ3n) is 4.71. The molecular formula is C18H24N2O3. The molecule has 3 atom stereocenters. The van der Waals surface area contributed by atoms with Gasteiger partial charge < -0.3 is 14.8 Å². The maximum absolute atomic E-state index is 12.0. The monoisotopic (exact) mass is 316 g/mol. The number of nitrogens with zero attached hydrogens (tertiary/aromatic N) is 1. The van der Waals surface area contributed by atoms with Crippen molar-refractivity contribution >= 4 is 16.9 Å². The number of nitrogens with one attached hydrogen (secondary N) is 1. The van der Waals surface area contributed by atoms with Gasteiger partial charge in [-0.1, -0.05) is 13.8 Å². The van der Waals surface area contributed by atoms with Gasteiger partial charge in [0.15, 0.2) is 0 Å². The normalized spacial score (nSPS) is 23.8. The van der Waals surface area contributed by atoms with Crippen LogP contribution in [-0.2, 0) is 4.79 Å². The molecule has 5 nitrogen and oxygen atoms in total. The lowest BCUT2D eigenvalue weighted by Crippen LogP contribution is -2.43. The molecule has 3 unspecified atom stereocenters. The van der Waals surface area contributed by atoms with Gasteiger partial charge in [-0.25, -0.2) is 0 Å². The summed E-state index contributed by atoms with van der Waals surface area (Å²) >= 11 is 0. The van der Waals surface area contributed by atoms with Crippen molar-refractivity contribution in [1.29, 1.82) is 0 Å². The maximum Gasteiger partial charge on any atom is 0.325 e. The highest BCUT2D eigenvalue weighted by molar-refractivity contribution is 5.90. The molecule has 124 valence electrons. The van der Waals surface area contributed by atoms with E-state index in [0.29, 0.717) is 11.8 Å². The smallest absolute Gasteiger partial charge is 0.325 e. The van der Waals surface area contributed by atoms with Crippen LogP contribution in [0, 0.1) is 11.8 Å². The van der Waals surface area contributed by atoms with Crippen molar-refractivity contribution in [3.8, 4) is 5.75 Å². The summed E-state index contributed by atoms with van der Waals surface area (Å²) in [4.78, 5) is 17.3. The minimum atomic E-state index is -0.796. The number of carboxylic acid groups (broad SMARTS) is 1. The number of aromatic nitrogens is 1. The van der Waals surface area contributed by atoms with E-state index in [4.69, 9.17) is 4.74 Å². The molecule has 2 N–H and O–H groups in total. The number of likely N-dealkylation sites (tertiary alicyclic amines) is 1. The second-order valence-corrected chi connectivity index (χ2v) is 6.80. The number of fused-ring (bicyclic) bond motifs is 1. The van der Waals surface area contributed by atoms with E-state index in [1.807, 2.05) is 24.4 Å². The second-order valence-electron chi connectivity index (χ2n) is 6.80. The van der Waals surface area contributed by atoms with Crippen LogP contribution in [0.4, 0.5) is 0 Å². The molecule has 0 radical (unpaired) electrons. The van der Waals surface area contributed by atoms with E-state index < -0.39 is 12.0 Å². The fraction of sp³-hybridized carbons (Fsp3) is 0.500. The molecule has 2 heterocycles. The fourth-order valence-corrected chi connectivity index (χ4v) is 3.88. The van der Waals surface area contributed by atoms with Crippen LogP contribution in [0.2, 0.25) is 0 Å². The zero-order valence-electron chi connectivity index (χ0n) is 13.9. The van der Waals surface area contributed by atoms with Crippen LogP contribution in [0.15, 0.2) is 24.4 Å². The number of rotatable bonds is 4. The first kappa shape index (κ1) is 15.9. The van der Waals surface area contributed by atoms with Gasteiger partial charge in [0.25, 0.3) is 0 Å². The molecule has 0 bridgehead atoms.